The Bertz CT molecular complexity index is 865. The monoisotopic (exact) mass is 420 g/mol. The maximum atomic E-state index is 12.5. The van der Waals surface area contributed by atoms with Crippen molar-refractivity contribution in [2.75, 3.05) is 6.26 Å². The number of hydrogen-bond donors (Lipinski definition) is 1. The van der Waals surface area contributed by atoms with Gasteiger partial charge in [0.25, 0.3) is 5.56 Å². The first-order valence-corrected chi connectivity index (χ1v) is 9.08. The van der Waals surface area contributed by atoms with E-state index in [9.17, 15) is 18.0 Å². The minimum Gasteiger partial charge on any atom is -0.302 e. The van der Waals surface area contributed by atoms with Gasteiger partial charge in [-0.25, -0.2) is 8.42 Å². The lowest BCUT2D eigenvalue weighted by atomic mass is 10.0. The van der Waals surface area contributed by atoms with Gasteiger partial charge in [0.2, 0.25) is 0 Å². The fraction of sp³-hybridized carbons (Fsp3) is 0.231. The molecule has 1 aromatic carbocycles. The maximum absolute atomic E-state index is 12.5. The molecule has 112 valence electrons. The van der Waals surface area contributed by atoms with Crippen molar-refractivity contribution in [2.45, 2.75) is 5.75 Å². The average Bonchev–Trinajstić information content (AvgIpc) is 2.67. The van der Waals surface area contributed by atoms with Crippen LogP contribution in [0.3, 0.4) is 0 Å². The van der Waals surface area contributed by atoms with E-state index >= 15 is 0 Å². The molecule has 0 saturated carbocycles. The standard InChI is InChI=1S/C13H13IN2O4S/c1-16-13(18)11(6-15-16)12(17)10-4-3-9(14)5-8(10)7-21(2,19)20/h3-6,15H,7H2,1-2H3. The molecule has 1 N–H and O–H groups in total. The van der Waals surface area contributed by atoms with Crippen LogP contribution >= 0.6 is 22.6 Å². The highest BCUT2D eigenvalue weighted by Crippen LogP contribution is 2.19. The van der Waals surface area contributed by atoms with Crippen molar-refractivity contribution < 1.29 is 13.2 Å². The van der Waals surface area contributed by atoms with Crippen LogP contribution in [0.15, 0.2) is 29.2 Å². The van der Waals surface area contributed by atoms with Gasteiger partial charge in [-0.3, -0.25) is 14.3 Å². The Kier molecular flexibility index (Phi) is 4.38. The molecule has 2 aromatic rings. The number of hydrogen-bond acceptors (Lipinski definition) is 4. The van der Waals surface area contributed by atoms with Crippen LogP contribution < -0.4 is 5.56 Å². The summed E-state index contributed by atoms with van der Waals surface area (Å²) in [6, 6.07) is 4.90. The van der Waals surface area contributed by atoms with E-state index in [0.717, 1.165) is 9.83 Å². The van der Waals surface area contributed by atoms with Gasteiger partial charge in [0.1, 0.15) is 5.56 Å². The topological polar surface area (TPSA) is 89.0 Å². The summed E-state index contributed by atoms with van der Waals surface area (Å²) < 4.78 is 25.0. The van der Waals surface area contributed by atoms with Gasteiger partial charge in [-0.1, -0.05) is 0 Å². The SMILES string of the molecule is Cn1[nH]cc(C(=O)c2ccc(I)cc2CS(C)(=O)=O)c1=O. The van der Waals surface area contributed by atoms with E-state index in [1.54, 1.807) is 18.2 Å². The molecule has 0 aliphatic rings. The normalized spacial score (nSPS) is 11.6. The minimum absolute atomic E-state index is 0.00606. The molecule has 0 amide bonds. The van der Waals surface area contributed by atoms with E-state index in [1.807, 2.05) is 22.6 Å². The molecular weight excluding hydrogens is 407 g/mol. The Balaban J connectivity index is 2.56. The van der Waals surface area contributed by atoms with Crippen LogP contribution in [0, 0.1) is 3.57 Å². The molecule has 1 aromatic heterocycles. The lowest BCUT2D eigenvalue weighted by Gasteiger charge is -2.07. The third-order valence-corrected chi connectivity index (χ3v) is 4.42. The smallest absolute Gasteiger partial charge is 0.277 e. The average molecular weight is 420 g/mol. The third-order valence-electron chi connectivity index (χ3n) is 2.91. The molecular formula is C13H13IN2O4S. The zero-order valence-corrected chi connectivity index (χ0v) is 14.4. The second-order valence-corrected chi connectivity index (χ2v) is 8.14. The molecule has 0 saturated heterocycles. The largest absolute Gasteiger partial charge is 0.302 e. The van der Waals surface area contributed by atoms with E-state index in [0.29, 0.717) is 5.56 Å². The number of carbonyl (C=O) groups is 1. The van der Waals surface area contributed by atoms with Crippen LogP contribution in [-0.4, -0.2) is 30.2 Å². The molecule has 0 bridgehead atoms. The zero-order valence-electron chi connectivity index (χ0n) is 11.4. The first kappa shape index (κ1) is 16.0. The van der Waals surface area contributed by atoms with Gasteiger partial charge in [-0.2, -0.15) is 0 Å². The van der Waals surface area contributed by atoms with E-state index < -0.39 is 21.2 Å². The summed E-state index contributed by atoms with van der Waals surface area (Å²) in [5.74, 6) is -0.720. The molecule has 8 heteroatoms. The Morgan fingerprint density at radius 2 is 2.00 bits per heavy atom. The van der Waals surface area contributed by atoms with Gasteiger partial charge in [-0.05, 0) is 46.4 Å². The number of aromatic nitrogens is 2. The van der Waals surface area contributed by atoms with Crippen molar-refractivity contribution >= 4 is 38.2 Å². The number of ketones is 1. The lowest BCUT2D eigenvalue weighted by molar-refractivity contribution is 0.103. The number of nitrogens with zero attached hydrogens (tertiary/aromatic N) is 1. The van der Waals surface area contributed by atoms with Crippen molar-refractivity contribution in [3.63, 3.8) is 0 Å². The first-order chi connectivity index (χ1) is 9.69. The third kappa shape index (κ3) is 3.62. The van der Waals surface area contributed by atoms with Crippen molar-refractivity contribution in [3.8, 4) is 0 Å². The molecule has 0 aliphatic carbocycles. The summed E-state index contributed by atoms with van der Waals surface area (Å²) in [6.45, 7) is 0. The Morgan fingerprint density at radius 1 is 1.33 bits per heavy atom. The van der Waals surface area contributed by atoms with Crippen LogP contribution in [0.25, 0.3) is 0 Å². The van der Waals surface area contributed by atoms with E-state index in [-0.39, 0.29) is 16.9 Å². The van der Waals surface area contributed by atoms with Crippen molar-refractivity contribution in [2.24, 2.45) is 7.05 Å². The number of rotatable bonds is 4. The number of benzene rings is 1. The van der Waals surface area contributed by atoms with E-state index in [1.165, 1.54) is 17.9 Å². The predicted octanol–water partition coefficient (Wildman–Crippen LogP) is 1.09. The first-order valence-electron chi connectivity index (χ1n) is 5.94. The van der Waals surface area contributed by atoms with Crippen LogP contribution in [0.4, 0.5) is 0 Å². The number of nitrogens with one attached hydrogen (secondary N) is 1. The van der Waals surface area contributed by atoms with Gasteiger partial charge in [-0.15, -0.1) is 0 Å². The van der Waals surface area contributed by atoms with Crippen LogP contribution in [0.2, 0.25) is 0 Å². The molecule has 0 atom stereocenters. The van der Waals surface area contributed by atoms with Crippen LogP contribution in [0.5, 0.6) is 0 Å². The molecule has 6 nitrogen and oxygen atoms in total. The quantitative estimate of drug-likeness (QED) is 0.593. The van der Waals surface area contributed by atoms with Crippen molar-refractivity contribution in [1.82, 2.24) is 9.78 Å². The summed E-state index contributed by atoms with van der Waals surface area (Å²) in [7, 11) is -1.78. The second-order valence-electron chi connectivity index (χ2n) is 4.75. The number of sulfone groups is 1. The molecule has 0 radical (unpaired) electrons. The minimum atomic E-state index is -3.28. The number of halogens is 1. The zero-order chi connectivity index (χ0) is 15.8. The summed E-state index contributed by atoms with van der Waals surface area (Å²) in [5.41, 5.74) is 0.188. The molecule has 21 heavy (non-hydrogen) atoms. The molecule has 0 fully saturated rings. The summed E-state index contributed by atoms with van der Waals surface area (Å²) in [5, 5.41) is 2.63. The lowest BCUT2D eigenvalue weighted by Crippen LogP contribution is -2.20. The summed E-state index contributed by atoms with van der Waals surface area (Å²) in [6.07, 6.45) is 2.43. The van der Waals surface area contributed by atoms with Crippen LogP contribution in [-0.2, 0) is 22.6 Å². The maximum Gasteiger partial charge on any atom is 0.277 e. The van der Waals surface area contributed by atoms with Gasteiger partial charge in [0.05, 0.1) is 5.75 Å². The Hall–Kier alpha value is -1.42. The molecule has 1 heterocycles. The van der Waals surface area contributed by atoms with Gasteiger partial charge >= 0.3 is 0 Å². The highest BCUT2D eigenvalue weighted by Gasteiger charge is 2.20. The van der Waals surface area contributed by atoms with Gasteiger partial charge in [0, 0.05) is 28.6 Å². The Morgan fingerprint density at radius 3 is 2.52 bits per heavy atom. The molecule has 0 spiro atoms. The Labute approximate surface area is 135 Å². The number of aromatic amines is 1. The van der Waals surface area contributed by atoms with Gasteiger partial charge in [0.15, 0.2) is 15.6 Å². The predicted molar refractivity (Wildman–Crippen MR) is 87.2 cm³/mol. The fourth-order valence-corrected chi connectivity index (χ4v) is 3.32. The summed E-state index contributed by atoms with van der Waals surface area (Å²) >= 11 is 2.04. The molecule has 2 rings (SSSR count). The molecule has 0 aliphatic heterocycles. The van der Waals surface area contributed by atoms with E-state index in [2.05, 4.69) is 5.10 Å². The molecule has 0 unspecified atom stereocenters. The van der Waals surface area contributed by atoms with Crippen molar-refractivity contribution in [1.29, 1.82) is 0 Å². The van der Waals surface area contributed by atoms with E-state index in [4.69, 9.17) is 0 Å². The fourth-order valence-electron chi connectivity index (χ4n) is 1.96. The van der Waals surface area contributed by atoms with Crippen molar-refractivity contribution in [3.05, 3.63) is 55.0 Å². The van der Waals surface area contributed by atoms with Crippen LogP contribution in [0.1, 0.15) is 21.5 Å². The number of aryl methyl sites for hydroxylation is 1. The highest BCUT2D eigenvalue weighted by atomic mass is 127. The number of carbonyl (C=O) groups excluding carboxylic acids is 1. The summed E-state index contributed by atoms with van der Waals surface area (Å²) in [4.78, 5) is 24.3. The second kappa shape index (κ2) is 5.76. The number of H-pyrrole nitrogens is 1. The van der Waals surface area contributed by atoms with Gasteiger partial charge < -0.3 is 5.10 Å². The highest BCUT2D eigenvalue weighted by molar-refractivity contribution is 14.1.